The van der Waals surface area contributed by atoms with E-state index in [-0.39, 0.29) is 35.6 Å². The van der Waals surface area contributed by atoms with Crippen molar-refractivity contribution >= 4 is 17.9 Å². The summed E-state index contributed by atoms with van der Waals surface area (Å²) < 4.78 is 5.42. The number of rotatable bonds is 9. The molecule has 1 aromatic carbocycles. The van der Waals surface area contributed by atoms with Crippen molar-refractivity contribution < 1.29 is 24.2 Å². The molecule has 8 nitrogen and oxygen atoms in total. The molecule has 0 radical (unpaired) electrons. The van der Waals surface area contributed by atoms with Crippen LogP contribution in [0, 0.1) is 5.92 Å². The van der Waals surface area contributed by atoms with Crippen LogP contribution in [-0.2, 0) is 14.3 Å². The van der Waals surface area contributed by atoms with Crippen LogP contribution >= 0.6 is 0 Å². The van der Waals surface area contributed by atoms with Crippen molar-refractivity contribution in [2.45, 2.75) is 104 Å². The van der Waals surface area contributed by atoms with E-state index < -0.39 is 23.8 Å². The third-order valence-electron chi connectivity index (χ3n) is 6.02. The molecule has 8 heteroatoms. The van der Waals surface area contributed by atoms with Gasteiger partial charge in [0.1, 0.15) is 23.4 Å². The van der Waals surface area contributed by atoms with Gasteiger partial charge in [-0.2, -0.15) is 0 Å². The third kappa shape index (κ3) is 7.37. The van der Waals surface area contributed by atoms with Crippen LogP contribution in [0.15, 0.2) is 24.3 Å². The maximum atomic E-state index is 14.1. The Morgan fingerprint density at radius 3 is 2.26 bits per heavy atom. The molecule has 0 aliphatic heterocycles. The van der Waals surface area contributed by atoms with Crippen LogP contribution in [0.4, 0.5) is 4.79 Å². The molecule has 0 bridgehead atoms. The smallest absolute Gasteiger partial charge is 0.408 e. The summed E-state index contributed by atoms with van der Waals surface area (Å²) in [6, 6.07) is 4.40. The molecule has 1 fully saturated rings. The van der Waals surface area contributed by atoms with Gasteiger partial charge in [0.2, 0.25) is 11.8 Å². The van der Waals surface area contributed by atoms with Gasteiger partial charge in [-0.3, -0.25) is 9.59 Å². The van der Waals surface area contributed by atoms with Gasteiger partial charge in [-0.1, -0.05) is 32.4 Å². The van der Waals surface area contributed by atoms with Crippen molar-refractivity contribution in [1.82, 2.24) is 15.5 Å². The van der Waals surface area contributed by atoms with Gasteiger partial charge in [-0.15, -0.1) is 0 Å². The number of aromatic hydroxyl groups is 1. The monoisotopic (exact) mass is 475 g/mol. The van der Waals surface area contributed by atoms with Gasteiger partial charge in [0, 0.05) is 12.1 Å². The molecule has 190 valence electrons. The molecular formula is C26H41N3O5. The van der Waals surface area contributed by atoms with Crippen molar-refractivity contribution in [2.75, 3.05) is 0 Å². The number of hydrogen-bond acceptors (Lipinski definition) is 5. The van der Waals surface area contributed by atoms with Crippen LogP contribution in [0.5, 0.6) is 5.75 Å². The molecule has 0 saturated heterocycles. The lowest BCUT2D eigenvalue weighted by atomic mass is 9.86. The number of alkyl carbamates (subject to hydrolysis) is 1. The average molecular weight is 476 g/mol. The number of carbonyl (C=O) groups excluding carboxylic acids is 3. The van der Waals surface area contributed by atoms with Crippen molar-refractivity contribution in [1.29, 1.82) is 0 Å². The zero-order valence-corrected chi connectivity index (χ0v) is 21.6. The lowest BCUT2D eigenvalue weighted by molar-refractivity contribution is -0.148. The van der Waals surface area contributed by atoms with E-state index in [0.29, 0.717) is 12.0 Å². The number of amides is 3. The summed E-state index contributed by atoms with van der Waals surface area (Å²) in [5.74, 6) is -0.801. The summed E-state index contributed by atoms with van der Waals surface area (Å²) in [5.41, 5.74) is -0.180. The topological polar surface area (TPSA) is 108 Å². The highest BCUT2D eigenvalue weighted by Crippen LogP contribution is 2.35. The lowest BCUT2D eigenvalue weighted by Crippen LogP contribution is -2.59. The number of carbonyl (C=O) groups is 3. The van der Waals surface area contributed by atoms with E-state index >= 15 is 0 Å². The summed E-state index contributed by atoms with van der Waals surface area (Å²) in [6.07, 6.45) is 2.49. The average Bonchev–Trinajstić information content (AvgIpc) is 2.67. The second-order valence-electron chi connectivity index (χ2n) is 10.5. The van der Waals surface area contributed by atoms with E-state index in [4.69, 9.17) is 4.74 Å². The normalized spacial score (nSPS) is 16.7. The van der Waals surface area contributed by atoms with Gasteiger partial charge < -0.3 is 25.4 Å². The van der Waals surface area contributed by atoms with Gasteiger partial charge in [0.15, 0.2) is 0 Å². The summed E-state index contributed by atoms with van der Waals surface area (Å²) in [4.78, 5) is 41.7. The Morgan fingerprint density at radius 2 is 1.79 bits per heavy atom. The molecule has 1 aromatic rings. The molecule has 3 unspecified atom stereocenters. The number of ether oxygens (including phenoxy) is 1. The molecule has 0 aromatic heterocycles. The fourth-order valence-corrected chi connectivity index (χ4v) is 3.96. The van der Waals surface area contributed by atoms with Crippen molar-refractivity contribution in [3.8, 4) is 5.75 Å². The standard InChI is InChI=1S/C26H41N3O5/c1-8-17(4)21(28-25(33)34-26(5,6)7)24(32)29(19-12-10-13-19)22(23(31)27-16(2)3)18-11-9-14-20(30)15-18/h9,11,14-17,19,21-22,30H,8,10,12-13H2,1-7H3,(H,27,31)(H,28,33). The van der Waals surface area contributed by atoms with Crippen LogP contribution in [0.25, 0.3) is 0 Å². The number of benzene rings is 1. The molecule has 3 amide bonds. The largest absolute Gasteiger partial charge is 0.508 e. The number of nitrogens with zero attached hydrogens (tertiary/aromatic N) is 1. The fourth-order valence-electron chi connectivity index (χ4n) is 3.96. The Bertz CT molecular complexity index is 860. The first-order valence-corrected chi connectivity index (χ1v) is 12.2. The first-order chi connectivity index (χ1) is 15.8. The Morgan fingerprint density at radius 1 is 1.15 bits per heavy atom. The van der Waals surface area contributed by atoms with Gasteiger partial charge in [0.25, 0.3) is 0 Å². The van der Waals surface area contributed by atoms with E-state index in [1.807, 2.05) is 27.7 Å². The molecule has 0 spiro atoms. The minimum absolute atomic E-state index is 0.0196. The zero-order chi connectivity index (χ0) is 25.6. The van der Waals surface area contributed by atoms with Gasteiger partial charge in [0.05, 0.1) is 0 Å². The van der Waals surface area contributed by atoms with Crippen LogP contribution in [-0.4, -0.2) is 51.6 Å². The molecule has 2 rings (SSSR count). The lowest BCUT2D eigenvalue weighted by Gasteiger charge is -2.44. The van der Waals surface area contributed by atoms with Gasteiger partial charge in [-0.05, 0) is 77.5 Å². The Labute approximate surface area is 203 Å². The third-order valence-corrected chi connectivity index (χ3v) is 6.02. The molecule has 34 heavy (non-hydrogen) atoms. The molecule has 1 saturated carbocycles. The zero-order valence-electron chi connectivity index (χ0n) is 21.6. The second-order valence-corrected chi connectivity index (χ2v) is 10.5. The number of hydrogen-bond donors (Lipinski definition) is 3. The number of nitrogens with one attached hydrogen (secondary N) is 2. The first-order valence-electron chi connectivity index (χ1n) is 12.2. The van der Waals surface area contributed by atoms with E-state index in [2.05, 4.69) is 10.6 Å². The highest BCUT2D eigenvalue weighted by molar-refractivity contribution is 5.92. The maximum absolute atomic E-state index is 14.1. The van der Waals surface area contributed by atoms with E-state index in [0.717, 1.165) is 19.3 Å². The minimum atomic E-state index is -0.931. The summed E-state index contributed by atoms with van der Waals surface area (Å²) in [5, 5.41) is 15.8. The van der Waals surface area contributed by atoms with Crippen LogP contribution < -0.4 is 10.6 Å². The summed E-state index contributed by atoms with van der Waals surface area (Å²) in [7, 11) is 0. The van der Waals surface area contributed by atoms with E-state index in [1.165, 1.54) is 12.1 Å². The molecule has 1 aliphatic carbocycles. The Hall–Kier alpha value is -2.77. The van der Waals surface area contributed by atoms with Crippen molar-refractivity contribution in [2.24, 2.45) is 5.92 Å². The SMILES string of the molecule is CCC(C)C(NC(=O)OC(C)(C)C)C(=O)N(C1CCC1)C(C(=O)NC(C)C)c1cccc(O)c1. The highest BCUT2D eigenvalue weighted by Gasteiger charge is 2.43. The molecule has 3 atom stereocenters. The molecular weight excluding hydrogens is 434 g/mol. The van der Waals surface area contributed by atoms with Crippen LogP contribution in [0.1, 0.15) is 85.8 Å². The minimum Gasteiger partial charge on any atom is -0.508 e. The molecule has 0 heterocycles. The molecule has 1 aliphatic rings. The predicted molar refractivity (Wildman–Crippen MR) is 131 cm³/mol. The fraction of sp³-hybridized carbons (Fsp3) is 0.654. The first kappa shape index (κ1) is 27.5. The second kappa shape index (κ2) is 11.6. The predicted octanol–water partition coefficient (Wildman–Crippen LogP) is 4.28. The number of phenolic OH excluding ortho intramolecular Hbond substituents is 1. The van der Waals surface area contributed by atoms with E-state index in [9.17, 15) is 19.5 Å². The van der Waals surface area contributed by atoms with Crippen LogP contribution in [0.3, 0.4) is 0 Å². The summed E-state index contributed by atoms with van der Waals surface area (Å²) in [6.45, 7) is 12.9. The summed E-state index contributed by atoms with van der Waals surface area (Å²) >= 11 is 0. The number of phenols is 1. The van der Waals surface area contributed by atoms with E-state index in [1.54, 1.807) is 37.8 Å². The maximum Gasteiger partial charge on any atom is 0.408 e. The van der Waals surface area contributed by atoms with Gasteiger partial charge in [-0.25, -0.2) is 4.79 Å². The highest BCUT2D eigenvalue weighted by atomic mass is 16.6. The van der Waals surface area contributed by atoms with Gasteiger partial charge >= 0.3 is 6.09 Å². The molecule has 3 N–H and O–H groups in total. The Balaban J connectivity index is 2.50. The Kier molecular flexibility index (Phi) is 9.36. The van der Waals surface area contributed by atoms with Crippen molar-refractivity contribution in [3.05, 3.63) is 29.8 Å². The van der Waals surface area contributed by atoms with Crippen molar-refractivity contribution in [3.63, 3.8) is 0 Å². The quantitative estimate of drug-likeness (QED) is 0.494. The van der Waals surface area contributed by atoms with Crippen LogP contribution in [0.2, 0.25) is 0 Å².